The maximum Gasteiger partial charge on any atom is 0.123 e. The third-order valence-corrected chi connectivity index (χ3v) is 2.83. The Morgan fingerprint density at radius 2 is 1.58 bits per heavy atom. The smallest absolute Gasteiger partial charge is 0.123 e. The van der Waals surface area contributed by atoms with E-state index in [4.69, 9.17) is 4.74 Å². The zero-order valence-electron chi connectivity index (χ0n) is 11.5. The number of para-hydroxylation sites is 1. The van der Waals surface area contributed by atoms with Crippen LogP contribution in [0.1, 0.15) is 25.0 Å². The van der Waals surface area contributed by atoms with E-state index in [9.17, 15) is 5.11 Å². The van der Waals surface area contributed by atoms with Crippen LogP contribution in [0.2, 0.25) is 0 Å². The number of aliphatic hydroxyl groups is 1. The molecule has 2 heteroatoms. The van der Waals surface area contributed by atoms with Crippen LogP contribution in [0.25, 0.3) is 0 Å². The van der Waals surface area contributed by atoms with Gasteiger partial charge >= 0.3 is 0 Å². The molecule has 2 aromatic rings. The Morgan fingerprint density at radius 3 is 2.26 bits per heavy atom. The van der Waals surface area contributed by atoms with Crippen LogP contribution in [0.15, 0.2) is 54.6 Å². The van der Waals surface area contributed by atoms with Gasteiger partial charge in [-0.25, -0.2) is 0 Å². The molecule has 0 aliphatic heterocycles. The molecule has 0 bridgehead atoms. The Hall–Kier alpha value is -1.80. The predicted molar refractivity (Wildman–Crippen MR) is 77.2 cm³/mol. The summed E-state index contributed by atoms with van der Waals surface area (Å²) in [5, 5.41) is 9.93. The lowest BCUT2D eigenvalue weighted by atomic mass is 9.98. The van der Waals surface area contributed by atoms with Crippen LogP contribution in [0.5, 0.6) is 5.75 Å². The molecule has 19 heavy (non-hydrogen) atoms. The molecule has 0 unspecified atom stereocenters. The number of rotatable bonds is 5. The number of hydrogen-bond donors (Lipinski definition) is 1. The van der Waals surface area contributed by atoms with Gasteiger partial charge in [0, 0.05) is 6.42 Å². The van der Waals surface area contributed by atoms with E-state index in [1.807, 2.05) is 54.6 Å². The van der Waals surface area contributed by atoms with Crippen molar-refractivity contribution in [1.82, 2.24) is 0 Å². The maximum absolute atomic E-state index is 9.93. The molecule has 0 amide bonds. The predicted octanol–water partition coefficient (Wildman–Crippen LogP) is 3.58. The van der Waals surface area contributed by atoms with Crippen molar-refractivity contribution in [2.24, 2.45) is 0 Å². The Labute approximate surface area is 114 Å². The third-order valence-electron chi connectivity index (χ3n) is 2.83. The monoisotopic (exact) mass is 256 g/mol. The molecule has 0 spiro atoms. The Kier molecular flexibility index (Phi) is 4.23. The van der Waals surface area contributed by atoms with E-state index < -0.39 is 5.60 Å². The molecule has 2 aromatic carbocycles. The second kappa shape index (κ2) is 5.89. The lowest BCUT2D eigenvalue weighted by molar-refractivity contribution is 0.0799. The second-order valence-electron chi connectivity index (χ2n) is 5.37. The van der Waals surface area contributed by atoms with E-state index in [1.165, 1.54) is 0 Å². The minimum atomic E-state index is -0.730. The molecule has 0 aromatic heterocycles. The standard InChI is InChI=1S/C17H20O2/c1-17(2,18)12-15-10-6-7-11-16(15)19-13-14-8-4-3-5-9-14/h3-11,18H,12-13H2,1-2H3. The molecule has 1 N–H and O–H groups in total. The highest BCUT2D eigenvalue weighted by Crippen LogP contribution is 2.23. The van der Waals surface area contributed by atoms with Crippen LogP contribution in [-0.4, -0.2) is 10.7 Å². The SMILES string of the molecule is CC(C)(O)Cc1ccccc1OCc1ccccc1. The van der Waals surface area contributed by atoms with Gasteiger partial charge in [0.15, 0.2) is 0 Å². The minimum absolute atomic E-state index is 0.545. The first kappa shape index (κ1) is 13.6. The van der Waals surface area contributed by atoms with Crippen LogP contribution in [0.3, 0.4) is 0 Å². The van der Waals surface area contributed by atoms with Crippen molar-refractivity contribution >= 4 is 0 Å². The van der Waals surface area contributed by atoms with Crippen molar-refractivity contribution in [2.75, 3.05) is 0 Å². The summed E-state index contributed by atoms with van der Waals surface area (Å²) in [6, 6.07) is 17.9. The Morgan fingerprint density at radius 1 is 0.947 bits per heavy atom. The highest BCUT2D eigenvalue weighted by molar-refractivity contribution is 5.34. The molecule has 0 atom stereocenters. The van der Waals surface area contributed by atoms with Crippen molar-refractivity contribution in [3.63, 3.8) is 0 Å². The van der Waals surface area contributed by atoms with E-state index in [0.717, 1.165) is 16.9 Å². The van der Waals surface area contributed by atoms with E-state index in [1.54, 1.807) is 13.8 Å². The Bertz CT molecular complexity index is 512. The van der Waals surface area contributed by atoms with E-state index in [0.29, 0.717) is 13.0 Å². The molecule has 2 rings (SSSR count). The average molecular weight is 256 g/mol. The van der Waals surface area contributed by atoms with Crippen LogP contribution in [-0.2, 0) is 13.0 Å². The van der Waals surface area contributed by atoms with Crippen LogP contribution < -0.4 is 4.74 Å². The van der Waals surface area contributed by atoms with Gasteiger partial charge in [-0.05, 0) is 31.0 Å². The van der Waals surface area contributed by atoms with Crippen molar-refractivity contribution in [2.45, 2.75) is 32.5 Å². The number of benzene rings is 2. The van der Waals surface area contributed by atoms with E-state index in [-0.39, 0.29) is 0 Å². The summed E-state index contributed by atoms with van der Waals surface area (Å²) in [5.74, 6) is 0.841. The molecule has 0 saturated heterocycles. The largest absolute Gasteiger partial charge is 0.489 e. The van der Waals surface area contributed by atoms with E-state index >= 15 is 0 Å². The molecule has 0 radical (unpaired) electrons. The van der Waals surface area contributed by atoms with Gasteiger partial charge < -0.3 is 9.84 Å². The highest BCUT2D eigenvalue weighted by atomic mass is 16.5. The minimum Gasteiger partial charge on any atom is -0.489 e. The van der Waals surface area contributed by atoms with Crippen molar-refractivity contribution in [3.05, 3.63) is 65.7 Å². The molecule has 2 nitrogen and oxygen atoms in total. The summed E-state index contributed by atoms with van der Waals surface area (Å²) in [6.45, 7) is 4.16. The molecule has 0 fully saturated rings. The van der Waals surface area contributed by atoms with Crippen molar-refractivity contribution < 1.29 is 9.84 Å². The van der Waals surface area contributed by atoms with Crippen LogP contribution >= 0.6 is 0 Å². The number of hydrogen-bond acceptors (Lipinski definition) is 2. The van der Waals surface area contributed by atoms with Gasteiger partial charge in [-0.15, -0.1) is 0 Å². The van der Waals surface area contributed by atoms with Crippen molar-refractivity contribution in [1.29, 1.82) is 0 Å². The van der Waals surface area contributed by atoms with Gasteiger partial charge in [0.2, 0.25) is 0 Å². The summed E-state index contributed by atoms with van der Waals surface area (Å²) < 4.78 is 5.86. The average Bonchev–Trinajstić information content (AvgIpc) is 2.37. The summed E-state index contributed by atoms with van der Waals surface area (Å²) in [7, 11) is 0. The van der Waals surface area contributed by atoms with Gasteiger partial charge in [0.25, 0.3) is 0 Å². The first-order valence-corrected chi connectivity index (χ1v) is 6.52. The van der Waals surface area contributed by atoms with Gasteiger partial charge in [-0.2, -0.15) is 0 Å². The van der Waals surface area contributed by atoms with Crippen molar-refractivity contribution in [3.8, 4) is 5.75 Å². The molecular formula is C17H20O2. The summed E-state index contributed by atoms with van der Waals surface area (Å²) in [5.41, 5.74) is 1.44. The highest BCUT2D eigenvalue weighted by Gasteiger charge is 2.16. The van der Waals surface area contributed by atoms with Gasteiger partial charge in [-0.1, -0.05) is 48.5 Å². The Balaban J connectivity index is 2.08. The van der Waals surface area contributed by atoms with Gasteiger partial charge in [-0.3, -0.25) is 0 Å². The third kappa shape index (κ3) is 4.42. The van der Waals surface area contributed by atoms with Gasteiger partial charge in [0.05, 0.1) is 5.60 Å². The summed E-state index contributed by atoms with van der Waals surface area (Å²) in [6.07, 6.45) is 0.581. The second-order valence-corrected chi connectivity index (χ2v) is 5.37. The topological polar surface area (TPSA) is 29.5 Å². The zero-order valence-corrected chi connectivity index (χ0v) is 11.5. The van der Waals surface area contributed by atoms with Gasteiger partial charge in [0.1, 0.15) is 12.4 Å². The van der Waals surface area contributed by atoms with E-state index in [2.05, 4.69) is 0 Å². The normalized spacial score (nSPS) is 11.3. The fourth-order valence-electron chi connectivity index (χ4n) is 1.99. The first-order chi connectivity index (χ1) is 9.04. The fraction of sp³-hybridized carbons (Fsp3) is 0.294. The quantitative estimate of drug-likeness (QED) is 0.886. The molecular weight excluding hydrogens is 236 g/mol. The maximum atomic E-state index is 9.93. The molecule has 0 heterocycles. The van der Waals surface area contributed by atoms with Crippen LogP contribution in [0.4, 0.5) is 0 Å². The first-order valence-electron chi connectivity index (χ1n) is 6.52. The fourth-order valence-corrected chi connectivity index (χ4v) is 1.99. The molecule has 0 saturated carbocycles. The summed E-state index contributed by atoms with van der Waals surface area (Å²) in [4.78, 5) is 0. The zero-order chi connectivity index (χ0) is 13.7. The lowest BCUT2D eigenvalue weighted by Crippen LogP contribution is -2.22. The van der Waals surface area contributed by atoms with Crippen LogP contribution in [0, 0.1) is 0 Å². The number of ether oxygens (including phenoxy) is 1. The lowest BCUT2D eigenvalue weighted by Gasteiger charge is -2.19. The molecule has 0 aliphatic carbocycles. The molecule has 0 aliphatic rings. The molecule has 100 valence electrons. The summed E-state index contributed by atoms with van der Waals surface area (Å²) >= 11 is 0.